The lowest BCUT2D eigenvalue weighted by Crippen LogP contribution is -2.42. The topological polar surface area (TPSA) is 248 Å². The fourth-order valence-electron chi connectivity index (χ4n) is 11.5. The number of aromatic nitrogens is 10. The fourth-order valence-corrected chi connectivity index (χ4v) is 11.5. The zero-order chi connectivity index (χ0) is 100. The maximum Gasteiger partial charge on any atom is 0.388 e. The van der Waals surface area contributed by atoms with Crippen LogP contribution in [0.15, 0.2) is 211 Å². The quantitative estimate of drug-likeness (QED) is 0.0774. The molecule has 11 heterocycles. The number of ether oxygens (including phenoxy) is 4. The molecule has 2 N–H and O–H groups in total. The number of methoxy groups -OCH3 is 3. The van der Waals surface area contributed by atoms with E-state index in [2.05, 4.69) is 246 Å². The average molecular weight is 1810 g/mol. The van der Waals surface area contributed by atoms with E-state index in [1.54, 1.807) is 70.3 Å². The first-order chi connectivity index (χ1) is 60.9. The van der Waals surface area contributed by atoms with Crippen LogP contribution in [0, 0.1) is 18.7 Å². The largest absolute Gasteiger partial charge is 0.618 e. The molecule has 0 aliphatic carbocycles. The molecule has 0 radical (unpaired) electrons. The first-order valence-electron chi connectivity index (χ1n) is 44.7. The molecule has 1 saturated heterocycles. The van der Waals surface area contributed by atoms with Gasteiger partial charge in [0.15, 0.2) is 5.69 Å². The Morgan fingerprint density at radius 3 is 1.45 bits per heavy atom. The molecule has 132 heavy (non-hydrogen) atoms. The summed E-state index contributed by atoms with van der Waals surface area (Å²) in [7, 11) is 9.01. The van der Waals surface area contributed by atoms with Crippen molar-refractivity contribution in [1.29, 1.82) is 0 Å². The van der Waals surface area contributed by atoms with Crippen LogP contribution in [0.2, 0.25) is 0 Å². The summed E-state index contributed by atoms with van der Waals surface area (Å²) >= 11 is 0. The van der Waals surface area contributed by atoms with Crippen molar-refractivity contribution in [2.24, 2.45) is 0 Å². The molecule has 0 atom stereocenters. The summed E-state index contributed by atoms with van der Waals surface area (Å²) in [4.78, 5) is 67.2. The summed E-state index contributed by atoms with van der Waals surface area (Å²) in [5.74, 6) is 3.96. The number of aliphatic hydroxyl groups excluding tert-OH is 1. The molecule has 1 aliphatic heterocycles. The van der Waals surface area contributed by atoms with Crippen molar-refractivity contribution in [2.75, 3.05) is 53.4 Å². The molecule has 10 aromatic heterocycles. The number of alkyl halides is 2. The van der Waals surface area contributed by atoms with E-state index >= 15 is 0 Å². The van der Waals surface area contributed by atoms with Crippen LogP contribution in [-0.2, 0) is 60.8 Å². The van der Waals surface area contributed by atoms with Crippen molar-refractivity contribution in [2.45, 2.75) is 288 Å². The molecular weight excluding hydrogens is 1660 g/mol. The SMILES string of the molecule is CC(C)(C)c1ccc(CO)cn1.CC(C)(C)c1cccc(-c2ccccc2)[n+]1[O-].CC(C)(C)c1cccc(=O)[nH]1.CC(C)(C)c1cccc(C(=O)N2CCC2)n1.CC(C)(C)c1cccc(OC(F)F)n1.CN(C)c1cccc(C(C)(C)C)n1.COc1cc(C)cc(C(C)(C)C)n1.COc1cccnc1C(C)(C)C.COc1ccnc(C(C)(C)C)c1.[C-]#[N+]c1cccc(C(C)(C)C)n1. The van der Waals surface area contributed by atoms with Crippen molar-refractivity contribution in [1.82, 2.24) is 49.8 Å². The van der Waals surface area contributed by atoms with E-state index in [0.717, 1.165) is 110 Å². The first-order valence-corrected chi connectivity index (χ1v) is 44.7. The Kier molecular flexibility index (Phi) is 43.8. The number of aliphatic hydroxyl groups is 1. The van der Waals surface area contributed by atoms with Crippen LogP contribution in [0.25, 0.3) is 16.1 Å². The van der Waals surface area contributed by atoms with E-state index in [4.69, 9.17) is 25.9 Å². The van der Waals surface area contributed by atoms with Gasteiger partial charge in [-0.1, -0.05) is 269 Å². The summed E-state index contributed by atoms with van der Waals surface area (Å²) in [6.45, 7) is 70.7. The Morgan fingerprint density at radius 1 is 0.492 bits per heavy atom. The number of rotatable bonds is 9. The Bertz CT molecular complexity index is 5410. The third-order valence-corrected chi connectivity index (χ3v) is 19.7. The number of hydrogen-bond acceptors (Lipinski definition) is 17. The van der Waals surface area contributed by atoms with Gasteiger partial charge in [0.2, 0.25) is 23.0 Å². The molecule has 11 aromatic rings. The highest BCUT2D eigenvalue weighted by Crippen LogP contribution is 2.32. The van der Waals surface area contributed by atoms with Crippen LogP contribution < -0.4 is 34.1 Å². The Morgan fingerprint density at radius 2 is 1.01 bits per heavy atom. The number of likely N-dealkylation sites (tertiary alicyclic amines) is 1. The minimum atomic E-state index is -2.82. The van der Waals surface area contributed by atoms with Crippen LogP contribution >= 0.6 is 0 Å². The lowest BCUT2D eigenvalue weighted by atomic mass is 9.91. The molecule has 12 rings (SSSR count). The normalized spacial score (nSPS) is 12.0. The molecule has 716 valence electrons. The first kappa shape index (κ1) is 114. The summed E-state index contributed by atoms with van der Waals surface area (Å²) in [5, 5.41) is 21.1. The van der Waals surface area contributed by atoms with Gasteiger partial charge in [0.05, 0.1) is 39.3 Å². The van der Waals surface area contributed by atoms with E-state index in [-0.39, 0.29) is 78.1 Å². The third-order valence-electron chi connectivity index (χ3n) is 19.7. The van der Waals surface area contributed by atoms with Gasteiger partial charge in [-0.2, -0.15) is 13.5 Å². The van der Waals surface area contributed by atoms with Crippen LogP contribution in [0.1, 0.15) is 293 Å². The van der Waals surface area contributed by atoms with Gasteiger partial charge in [0, 0.05) is 176 Å². The van der Waals surface area contributed by atoms with Gasteiger partial charge in [0.25, 0.3) is 11.7 Å². The molecule has 21 nitrogen and oxygen atoms in total. The number of amides is 1. The monoisotopic (exact) mass is 1810 g/mol. The van der Waals surface area contributed by atoms with Gasteiger partial charge in [-0.25, -0.2) is 19.9 Å². The Hall–Kier alpha value is -11.9. The Balaban J connectivity index is 0.000000379. The van der Waals surface area contributed by atoms with Gasteiger partial charge >= 0.3 is 6.61 Å². The Labute approximate surface area is 789 Å². The average Bonchev–Trinajstić information content (AvgIpc) is 0.801. The molecular formula is C109H153F2N13O8. The van der Waals surface area contributed by atoms with Gasteiger partial charge in [0.1, 0.15) is 28.7 Å². The highest BCUT2D eigenvalue weighted by molar-refractivity contribution is 5.92. The molecule has 1 amide bonds. The van der Waals surface area contributed by atoms with Crippen LogP contribution in [-0.4, -0.2) is 116 Å². The summed E-state index contributed by atoms with van der Waals surface area (Å²) in [6, 6.07) is 58.5. The van der Waals surface area contributed by atoms with Crippen molar-refractivity contribution in [3.05, 3.63) is 307 Å². The maximum absolute atomic E-state index is 12.3. The van der Waals surface area contributed by atoms with E-state index in [0.29, 0.717) is 23.1 Å². The second-order valence-electron chi connectivity index (χ2n) is 42.4. The number of anilines is 1. The van der Waals surface area contributed by atoms with Crippen molar-refractivity contribution in [3.8, 4) is 34.5 Å². The van der Waals surface area contributed by atoms with Gasteiger partial charge in [-0.05, 0) is 122 Å². The zero-order valence-electron chi connectivity index (χ0n) is 86.0. The molecule has 0 spiro atoms. The number of benzene rings is 1. The van der Waals surface area contributed by atoms with Crippen molar-refractivity contribution in [3.63, 3.8) is 0 Å². The van der Waals surface area contributed by atoms with E-state index in [1.165, 1.54) is 17.7 Å². The predicted octanol–water partition coefficient (Wildman–Crippen LogP) is 24.9. The number of aromatic amines is 1. The minimum absolute atomic E-state index is 0.00869. The summed E-state index contributed by atoms with van der Waals surface area (Å²) in [6.07, 6.45) is 6.41. The molecule has 0 saturated carbocycles. The van der Waals surface area contributed by atoms with Crippen molar-refractivity contribution >= 4 is 17.5 Å². The van der Waals surface area contributed by atoms with Gasteiger partial charge in [-0.3, -0.25) is 24.5 Å². The van der Waals surface area contributed by atoms with E-state index in [1.807, 2.05) is 193 Å². The number of hydrogen-bond donors (Lipinski definition) is 2. The van der Waals surface area contributed by atoms with E-state index in [9.17, 15) is 23.6 Å². The van der Waals surface area contributed by atoms with Crippen LogP contribution in [0.5, 0.6) is 23.3 Å². The smallest absolute Gasteiger partial charge is 0.388 e. The number of nitrogens with zero attached hydrogens (tertiary/aromatic N) is 12. The molecule has 1 aliphatic rings. The second-order valence-corrected chi connectivity index (χ2v) is 42.4. The standard InChI is InChI=1S/C15H17NO.C13H18N2O.C11H18N2.C11H17NO.C10H13F2NO.C10H12N2.3C10H15NO.C9H13NO/c1-15(2,3)14-11-7-10-13(16(14)17)12-8-5-4-6-9-12;1-13(2,3)11-7-4-6-10(14-11)12(16)15-8-5-9-15;1-11(2,3)9-7-6-8-10(12-9)13(4)5;1-8-6-9(11(2,3)4)12-10(7-8)13-5;1-10(2,3)7-5-4-6-8(13-7)14-9(11)12;1-10(2,3)8-6-5-7-9(11-4)12-8;1-10(2,3)9-7-8(12-4)5-6-11-9;1-10(2,3)9-8(12-4)6-5-7-11-9;1-10(2,3)9-5-4-8(7-12)6-11-9;1-9(2,3)7-5-4-6-8(11)10-7/h4-11H,1-3H3;4,6-7H,5,8-9H2,1-3H3;6-8H,1-5H3;6-7H,1-5H3;4-6,9H,1-3H3;5-7H,1-3H3;2*5-7H,1-4H3;4-6,12H,7H2,1-3H3;4-6H,1-3H3,(H,10,11). The van der Waals surface area contributed by atoms with E-state index < -0.39 is 6.61 Å². The zero-order valence-corrected chi connectivity index (χ0v) is 86.0. The number of pyridine rings is 10. The molecule has 1 fully saturated rings. The van der Waals surface area contributed by atoms with Crippen LogP contribution in [0.3, 0.4) is 0 Å². The lowest BCUT2D eigenvalue weighted by molar-refractivity contribution is -0.606. The summed E-state index contributed by atoms with van der Waals surface area (Å²) < 4.78 is 44.5. The predicted molar refractivity (Wildman–Crippen MR) is 537 cm³/mol. The highest BCUT2D eigenvalue weighted by atomic mass is 19.3. The maximum atomic E-state index is 12.3. The molecule has 0 unspecified atom stereocenters. The van der Waals surface area contributed by atoms with Crippen LogP contribution in [0.4, 0.5) is 20.4 Å². The number of nitrogens with one attached hydrogen (secondary N) is 1. The third kappa shape index (κ3) is 40.9. The molecule has 23 heteroatoms. The fraction of sp³-hybridized carbons (Fsp3) is 0.468. The minimum Gasteiger partial charge on any atom is -0.618 e. The number of carbonyl (C=O) groups is 1. The second kappa shape index (κ2) is 50.6. The van der Waals surface area contributed by atoms with Gasteiger partial charge < -0.3 is 48.9 Å². The highest BCUT2D eigenvalue weighted by Gasteiger charge is 2.29. The number of halogens is 2. The lowest BCUT2D eigenvalue weighted by Gasteiger charge is -2.30. The number of carbonyl (C=O) groups excluding carboxylic acids is 1. The number of aryl methyl sites for hydroxylation is 1. The van der Waals surface area contributed by atoms with Gasteiger partial charge in [-0.15, -0.1) is 4.98 Å². The number of H-pyrrole nitrogens is 1. The van der Waals surface area contributed by atoms with Crippen molar-refractivity contribution < 1.29 is 42.4 Å². The summed E-state index contributed by atoms with van der Waals surface area (Å²) in [5.41, 5.74) is 14.2. The molecule has 1 aromatic carbocycles. The molecule has 0 bridgehead atoms.